The lowest BCUT2D eigenvalue weighted by atomic mass is 10.1. The number of halogens is 1. The second kappa shape index (κ2) is 7.48. The molecule has 2 aromatic carbocycles. The Morgan fingerprint density at radius 2 is 1.78 bits per heavy atom. The van der Waals surface area contributed by atoms with Gasteiger partial charge in [-0.05, 0) is 24.3 Å². The molecule has 3 rings (SSSR count). The van der Waals surface area contributed by atoms with Crippen LogP contribution >= 0.6 is 22.9 Å². The third-order valence-electron chi connectivity index (χ3n) is 3.50. The Kier molecular flexibility index (Phi) is 5.10. The minimum Gasteiger partial charge on any atom is -0.298 e. The number of aromatic nitrogens is 1. The zero-order chi connectivity index (χ0) is 19.6. The first-order valence-corrected chi connectivity index (χ1v) is 8.56. The maximum absolute atomic E-state index is 12.4. The van der Waals surface area contributed by atoms with E-state index in [1.54, 1.807) is 17.5 Å². The van der Waals surface area contributed by atoms with Gasteiger partial charge in [-0.1, -0.05) is 11.6 Å². The molecule has 0 aliphatic heterocycles. The fourth-order valence-electron chi connectivity index (χ4n) is 2.23. The lowest BCUT2D eigenvalue weighted by Gasteiger charge is -2.03. The average molecular weight is 405 g/mol. The molecule has 0 aliphatic carbocycles. The second-order valence-corrected chi connectivity index (χ2v) is 6.51. The van der Waals surface area contributed by atoms with Crippen molar-refractivity contribution in [2.45, 2.75) is 0 Å². The number of carbonyl (C=O) groups excluding carboxylic acids is 1. The van der Waals surface area contributed by atoms with Crippen LogP contribution in [0, 0.1) is 20.2 Å². The number of nitro groups is 2. The van der Waals surface area contributed by atoms with E-state index in [0.717, 1.165) is 17.4 Å². The van der Waals surface area contributed by atoms with Gasteiger partial charge in [-0.3, -0.25) is 30.3 Å². The summed E-state index contributed by atoms with van der Waals surface area (Å²) < 4.78 is 0. The van der Waals surface area contributed by atoms with Crippen LogP contribution in [0.4, 0.5) is 16.5 Å². The van der Waals surface area contributed by atoms with E-state index in [0.29, 0.717) is 11.3 Å². The molecule has 11 heteroatoms. The smallest absolute Gasteiger partial charge is 0.282 e. The molecule has 3 aromatic rings. The fourth-order valence-corrected chi connectivity index (χ4v) is 3.12. The Bertz CT molecular complexity index is 1050. The van der Waals surface area contributed by atoms with Crippen molar-refractivity contribution in [2.75, 3.05) is 5.32 Å². The summed E-state index contributed by atoms with van der Waals surface area (Å²) in [6.45, 7) is 0. The maximum Gasteiger partial charge on any atom is 0.282 e. The fraction of sp³-hybridized carbons (Fsp3) is 0. The molecular formula is C16H9ClN4O5S. The van der Waals surface area contributed by atoms with E-state index in [4.69, 9.17) is 11.6 Å². The molecule has 136 valence electrons. The van der Waals surface area contributed by atoms with Crippen LogP contribution < -0.4 is 5.32 Å². The van der Waals surface area contributed by atoms with E-state index in [9.17, 15) is 25.0 Å². The number of nitro benzene ring substituents is 2. The molecule has 9 nitrogen and oxygen atoms in total. The van der Waals surface area contributed by atoms with Crippen LogP contribution in [0.2, 0.25) is 5.02 Å². The highest BCUT2D eigenvalue weighted by molar-refractivity contribution is 7.14. The number of thiazole rings is 1. The minimum absolute atomic E-state index is 0.0456. The molecule has 0 saturated heterocycles. The van der Waals surface area contributed by atoms with E-state index < -0.39 is 15.8 Å². The Hall–Kier alpha value is -3.37. The van der Waals surface area contributed by atoms with Gasteiger partial charge in [0.15, 0.2) is 5.13 Å². The summed E-state index contributed by atoms with van der Waals surface area (Å²) in [5.74, 6) is -0.714. The van der Waals surface area contributed by atoms with Crippen molar-refractivity contribution in [3.8, 4) is 11.3 Å². The van der Waals surface area contributed by atoms with Crippen LogP contribution in [-0.2, 0) is 0 Å². The number of non-ortho nitro benzene ring substituents is 1. The highest BCUT2D eigenvalue weighted by Gasteiger charge is 2.21. The molecule has 0 atom stereocenters. The number of nitrogens with one attached hydrogen (secondary N) is 1. The molecule has 0 aliphatic rings. The van der Waals surface area contributed by atoms with Gasteiger partial charge in [0.2, 0.25) is 0 Å². The predicted octanol–water partition coefficient (Wildman–Crippen LogP) is 4.53. The van der Waals surface area contributed by atoms with Gasteiger partial charge in [0.1, 0.15) is 5.56 Å². The molecule has 0 unspecified atom stereocenters. The Balaban J connectivity index is 1.82. The Morgan fingerprint density at radius 3 is 2.41 bits per heavy atom. The Labute approximate surface area is 160 Å². The van der Waals surface area contributed by atoms with Crippen LogP contribution in [0.15, 0.2) is 47.8 Å². The number of carbonyl (C=O) groups is 1. The average Bonchev–Trinajstić information content (AvgIpc) is 3.09. The lowest BCUT2D eigenvalue weighted by Crippen LogP contribution is -2.13. The van der Waals surface area contributed by atoms with Crippen molar-refractivity contribution in [3.05, 3.63) is 78.7 Å². The lowest BCUT2D eigenvalue weighted by molar-refractivity contribution is -0.385. The van der Waals surface area contributed by atoms with E-state index >= 15 is 0 Å². The van der Waals surface area contributed by atoms with Crippen molar-refractivity contribution in [1.82, 2.24) is 4.98 Å². The molecule has 0 fully saturated rings. The summed E-state index contributed by atoms with van der Waals surface area (Å²) in [7, 11) is 0. The molecule has 0 saturated carbocycles. The first-order chi connectivity index (χ1) is 12.8. The molecule has 1 heterocycles. The van der Waals surface area contributed by atoms with Crippen molar-refractivity contribution >= 4 is 45.4 Å². The second-order valence-electron chi connectivity index (χ2n) is 5.21. The number of benzene rings is 2. The SMILES string of the molecule is O=C(Nc1nc(-c2ccc([N+](=O)[O-])cc2)cs1)c1cc(Cl)ccc1[N+](=O)[O-]. The zero-order valence-corrected chi connectivity index (χ0v) is 14.9. The predicted molar refractivity (Wildman–Crippen MR) is 100 cm³/mol. The van der Waals surface area contributed by atoms with E-state index in [2.05, 4.69) is 10.3 Å². The molecule has 27 heavy (non-hydrogen) atoms. The first kappa shape index (κ1) is 18.4. The standard InChI is InChI=1S/C16H9ClN4O5S/c17-10-3-6-14(21(25)26)12(7-10)15(22)19-16-18-13(8-27-16)9-1-4-11(5-2-9)20(23)24/h1-8H,(H,18,19,22). The van der Waals surface area contributed by atoms with Crippen LogP contribution in [0.5, 0.6) is 0 Å². The van der Waals surface area contributed by atoms with Gasteiger partial charge in [0.25, 0.3) is 17.3 Å². The normalized spacial score (nSPS) is 10.4. The van der Waals surface area contributed by atoms with Gasteiger partial charge in [-0.25, -0.2) is 4.98 Å². The summed E-state index contributed by atoms with van der Waals surface area (Å²) in [5, 5.41) is 26.3. The minimum atomic E-state index is -0.714. The largest absolute Gasteiger partial charge is 0.298 e. The van der Waals surface area contributed by atoms with E-state index in [1.807, 2.05) is 0 Å². The van der Waals surface area contributed by atoms with Crippen LogP contribution in [0.1, 0.15) is 10.4 Å². The number of hydrogen-bond donors (Lipinski definition) is 1. The summed E-state index contributed by atoms with van der Waals surface area (Å²) >= 11 is 6.94. The topological polar surface area (TPSA) is 128 Å². The summed E-state index contributed by atoms with van der Waals surface area (Å²) in [4.78, 5) is 37.2. The highest BCUT2D eigenvalue weighted by Crippen LogP contribution is 2.28. The monoisotopic (exact) mass is 404 g/mol. The van der Waals surface area contributed by atoms with Gasteiger partial charge in [-0.2, -0.15) is 0 Å². The van der Waals surface area contributed by atoms with Crippen molar-refractivity contribution in [3.63, 3.8) is 0 Å². The van der Waals surface area contributed by atoms with Gasteiger partial charge in [0, 0.05) is 34.2 Å². The Morgan fingerprint density at radius 1 is 1.07 bits per heavy atom. The highest BCUT2D eigenvalue weighted by atomic mass is 35.5. The summed E-state index contributed by atoms with van der Waals surface area (Å²) in [6.07, 6.45) is 0. The maximum atomic E-state index is 12.4. The number of anilines is 1. The zero-order valence-electron chi connectivity index (χ0n) is 13.3. The van der Waals surface area contributed by atoms with Crippen molar-refractivity contribution < 1.29 is 14.6 Å². The number of hydrogen-bond acceptors (Lipinski definition) is 7. The number of amides is 1. The molecule has 0 bridgehead atoms. The number of nitrogens with zero attached hydrogens (tertiary/aromatic N) is 3. The van der Waals surface area contributed by atoms with E-state index in [-0.39, 0.29) is 27.1 Å². The van der Waals surface area contributed by atoms with Crippen LogP contribution in [0.3, 0.4) is 0 Å². The first-order valence-electron chi connectivity index (χ1n) is 7.31. The van der Waals surface area contributed by atoms with Crippen molar-refractivity contribution in [1.29, 1.82) is 0 Å². The summed E-state index contributed by atoms with van der Waals surface area (Å²) in [6, 6.07) is 9.47. The van der Waals surface area contributed by atoms with Gasteiger partial charge < -0.3 is 0 Å². The molecule has 1 N–H and O–H groups in total. The van der Waals surface area contributed by atoms with Gasteiger partial charge >= 0.3 is 0 Å². The van der Waals surface area contributed by atoms with Crippen molar-refractivity contribution in [2.24, 2.45) is 0 Å². The quantitative estimate of drug-likeness (QED) is 0.491. The molecule has 1 aromatic heterocycles. The third kappa shape index (κ3) is 4.07. The molecule has 0 radical (unpaired) electrons. The van der Waals surface area contributed by atoms with Crippen LogP contribution in [0.25, 0.3) is 11.3 Å². The number of rotatable bonds is 5. The molecule has 1 amide bonds. The van der Waals surface area contributed by atoms with Gasteiger partial charge in [0.05, 0.1) is 15.5 Å². The molecular weight excluding hydrogens is 396 g/mol. The van der Waals surface area contributed by atoms with E-state index in [1.165, 1.54) is 24.3 Å². The van der Waals surface area contributed by atoms with Crippen LogP contribution in [-0.4, -0.2) is 20.7 Å². The van der Waals surface area contributed by atoms with Gasteiger partial charge in [-0.15, -0.1) is 11.3 Å². The summed E-state index contributed by atoms with van der Waals surface area (Å²) in [5.41, 5.74) is 0.538. The third-order valence-corrected chi connectivity index (χ3v) is 4.49. The molecule has 0 spiro atoms.